The van der Waals surface area contributed by atoms with Gasteiger partial charge in [-0.05, 0) is 18.2 Å². The molecule has 0 unspecified atom stereocenters. The molecule has 0 N–H and O–H groups in total. The van der Waals surface area contributed by atoms with Gasteiger partial charge in [0.2, 0.25) is 5.78 Å². The smallest absolute Gasteiger partial charge is 0.213 e. The third-order valence-corrected chi connectivity index (χ3v) is 2.14. The van der Waals surface area contributed by atoms with Gasteiger partial charge in [-0.3, -0.25) is 9.48 Å². The number of rotatable bonds is 2. The molecule has 5 heteroatoms. The maximum atomic E-state index is 11.8. The van der Waals surface area contributed by atoms with Crippen LogP contribution in [0.1, 0.15) is 16.1 Å². The summed E-state index contributed by atoms with van der Waals surface area (Å²) in [6.45, 7) is 0. The second kappa shape index (κ2) is 3.82. The van der Waals surface area contributed by atoms with Gasteiger partial charge in [0, 0.05) is 25.0 Å². The molecule has 2 heterocycles. The van der Waals surface area contributed by atoms with Gasteiger partial charge < -0.3 is 0 Å². The van der Waals surface area contributed by atoms with E-state index < -0.39 is 0 Å². The summed E-state index contributed by atoms with van der Waals surface area (Å²) in [4.78, 5) is 15.7. The van der Waals surface area contributed by atoms with Crippen molar-refractivity contribution in [2.45, 2.75) is 0 Å². The van der Waals surface area contributed by atoms with Crippen LogP contribution in [0.15, 0.2) is 30.6 Å². The molecule has 0 amide bonds. The van der Waals surface area contributed by atoms with Gasteiger partial charge in [0.25, 0.3) is 0 Å². The molecule has 0 aliphatic heterocycles. The Morgan fingerprint density at radius 1 is 1.47 bits per heavy atom. The van der Waals surface area contributed by atoms with E-state index in [2.05, 4.69) is 10.1 Å². The van der Waals surface area contributed by atoms with E-state index in [-0.39, 0.29) is 5.78 Å². The molecule has 0 fully saturated rings. The molecule has 76 valence electrons. The fourth-order valence-corrected chi connectivity index (χ4v) is 1.40. The molecule has 4 nitrogen and oxygen atoms in total. The fourth-order valence-electron chi connectivity index (χ4n) is 1.23. The molecule has 0 radical (unpaired) electrons. The van der Waals surface area contributed by atoms with Crippen molar-refractivity contribution in [2.24, 2.45) is 7.05 Å². The Morgan fingerprint density at radius 3 is 2.87 bits per heavy atom. The standard InChI is InChI=1S/C10H8ClN3O/c1-14-5-3-8(13-14)10(15)7-2-4-12-9(11)6-7/h2-6H,1H3. The number of carbonyl (C=O) groups excluding carboxylic acids is 1. The van der Waals surface area contributed by atoms with E-state index in [1.165, 1.54) is 12.3 Å². The van der Waals surface area contributed by atoms with Gasteiger partial charge in [-0.2, -0.15) is 5.10 Å². The third-order valence-electron chi connectivity index (χ3n) is 1.94. The number of nitrogens with zero attached hydrogens (tertiary/aromatic N) is 3. The van der Waals surface area contributed by atoms with E-state index in [1.54, 1.807) is 30.1 Å². The van der Waals surface area contributed by atoms with E-state index in [0.29, 0.717) is 16.4 Å². The number of aryl methyl sites for hydroxylation is 1. The van der Waals surface area contributed by atoms with Crippen LogP contribution in [0.4, 0.5) is 0 Å². The normalized spacial score (nSPS) is 10.3. The van der Waals surface area contributed by atoms with Gasteiger partial charge >= 0.3 is 0 Å². The monoisotopic (exact) mass is 221 g/mol. The summed E-state index contributed by atoms with van der Waals surface area (Å²) in [6, 6.07) is 4.80. The number of halogens is 1. The van der Waals surface area contributed by atoms with Crippen molar-refractivity contribution in [3.05, 3.63) is 47.0 Å². The molecule has 0 aromatic carbocycles. The maximum Gasteiger partial charge on any atom is 0.213 e. The zero-order valence-corrected chi connectivity index (χ0v) is 8.77. The first kappa shape index (κ1) is 9.86. The van der Waals surface area contributed by atoms with Crippen LogP contribution in [-0.4, -0.2) is 20.5 Å². The van der Waals surface area contributed by atoms with E-state index in [0.717, 1.165) is 0 Å². The Morgan fingerprint density at radius 2 is 2.27 bits per heavy atom. The lowest BCUT2D eigenvalue weighted by atomic mass is 10.1. The van der Waals surface area contributed by atoms with Gasteiger partial charge in [0.1, 0.15) is 10.8 Å². The zero-order chi connectivity index (χ0) is 10.8. The number of hydrogen-bond donors (Lipinski definition) is 0. The summed E-state index contributed by atoms with van der Waals surface area (Å²) in [6.07, 6.45) is 3.22. The van der Waals surface area contributed by atoms with Crippen LogP contribution in [-0.2, 0) is 7.05 Å². The zero-order valence-electron chi connectivity index (χ0n) is 8.01. The van der Waals surface area contributed by atoms with Gasteiger partial charge in [0.05, 0.1) is 0 Å². The highest BCUT2D eigenvalue weighted by atomic mass is 35.5. The van der Waals surface area contributed by atoms with Gasteiger partial charge in [-0.25, -0.2) is 4.98 Å². The molecule has 0 saturated heterocycles. The second-order valence-electron chi connectivity index (χ2n) is 3.07. The SMILES string of the molecule is Cn1ccc(C(=O)c2ccnc(Cl)c2)n1. The lowest BCUT2D eigenvalue weighted by molar-refractivity contribution is 0.103. The molecular weight excluding hydrogens is 214 g/mol. The Labute approximate surface area is 91.5 Å². The molecule has 0 saturated carbocycles. The van der Waals surface area contributed by atoms with Crippen molar-refractivity contribution < 1.29 is 4.79 Å². The number of pyridine rings is 1. The minimum Gasteiger partial charge on any atom is -0.287 e. The number of carbonyl (C=O) groups is 1. The van der Waals surface area contributed by atoms with Crippen LogP contribution in [0.25, 0.3) is 0 Å². The first-order valence-electron chi connectivity index (χ1n) is 4.33. The van der Waals surface area contributed by atoms with Crippen molar-refractivity contribution in [1.29, 1.82) is 0 Å². The summed E-state index contributed by atoms with van der Waals surface area (Å²) in [5, 5.41) is 4.32. The first-order chi connectivity index (χ1) is 7.16. The van der Waals surface area contributed by atoms with Crippen LogP contribution < -0.4 is 0 Å². The number of aromatic nitrogens is 3. The van der Waals surface area contributed by atoms with E-state index in [4.69, 9.17) is 11.6 Å². The minimum absolute atomic E-state index is 0.153. The summed E-state index contributed by atoms with van der Waals surface area (Å²) >= 11 is 5.69. The lowest BCUT2D eigenvalue weighted by Gasteiger charge is -1.97. The average Bonchev–Trinajstić information content (AvgIpc) is 2.64. The third kappa shape index (κ3) is 2.05. The molecule has 0 aliphatic carbocycles. The molecule has 2 rings (SSSR count). The van der Waals surface area contributed by atoms with Crippen LogP contribution in [0.3, 0.4) is 0 Å². The minimum atomic E-state index is -0.153. The molecule has 15 heavy (non-hydrogen) atoms. The van der Waals surface area contributed by atoms with Crippen molar-refractivity contribution in [3.63, 3.8) is 0 Å². The fraction of sp³-hybridized carbons (Fsp3) is 0.100. The topological polar surface area (TPSA) is 47.8 Å². The van der Waals surface area contributed by atoms with Crippen molar-refractivity contribution >= 4 is 17.4 Å². The molecule has 2 aromatic heterocycles. The highest BCUT2D eigenvalue weighted by Crippen LogP contribution is 2.11. The molecule has 0 bridgehead atoms. The van der Waals surface area contributed by atoms with Crippen LogP contribution in [0.2, 0.25) is 5.15 Å². The molecule has 0 atom stereocenters. The highest BCUT2D eigenvalue weighted by molar-refractivity contribution is 6.29. The summed E-state index contributed by atoms with van der Waals surface area (Å²) in [5.41, 5.74) is 0.897. The van der Waals surface area contributed by atoms with Gasteiger partial charge in [-0.1, -0.05) is 11.6 Å². The summed E-state index contributed by atoms with van der Waals surface area (Å²) in [5.74, 6) is -0.153. The molecule has 2 aromatic rings. The summed E-state index contributed by atoms with van der Waals surface area (Å²) < 4.78 is 1.58. The number of hydrogen-bond acceptors (Lipinski definition) is 3. The van der Waals surface area contributed by atoms with Crippen LogP contribution in [0.5, 0.6) is 0 Å². The van der Waals surface area contributed by atoms with Crippen molar-refractivity contribution in [1.82, 2.24) is 14.8 Å². The Bertz CT molecular complexity index is 507. The Balaban J connectivity index is 2.36. The lowest BCUT2D eigenvalue weighted by Crippen LogP contribution is -2.03. The Kier molecular flexibility index (Phi) is 2.51. The summed E-state index contributed by atoms with van der Waals surface area (Å²) in [7, 11) is 1.76. The molecular formula is C10H8ClN3O. The van der Waals surface area contributed by atoms with E-state index in [9.17, 15) is 4.79 Å². The van der Waals surface area contributed by atoms with E-state index >= 15 is 0 Å². The maximum absolute atomic E-state index is 11.8. The van der Waals surface area contributed by atoms with Crippen molar-refractivity contribution in [3.8, 4) is 0 Å². The molecule has 0 aliphatic rings. The largest absolute Gasteiger partial charge is 0.287 e. The molecule has 0 spiro atoms. The Hall–Kier alpha value is -1.68. The van der Waals surface area contributed by atoms with E-state index in [1.807, 2.05) is 0 Å². The average molecular weight is 222 g/mol. The second-order valence-corrected chi connectivity index (χ2v) is 3.46. The van der Waals surface area contributed by atoms with Gasteiger partial charge in [-0.15, -0.1) is 0 Å². The predicted octanol–water partition coefficient (Wildman–Crippen LogP) is 1.70. The predicted molar refractivity (Wildman–Crippen MR) is 55.9 cm³/mol. The van der Waals surface area contributed by atoms with Crippen LogP contribution >= 0.6 is 11.6 Å². The van der Waals surface area contributed by atoms with Gasteiger partial charge in [0.15, 0.2) is 0 Å². The quantitative estimate of drug-likeness (QED) is 0.573. The highest BCUT2D eigenvalue weighted by Gasteiger charge is 2.11. The van der Waals surface area contributed by atoms with Crippen molar-refractivity contribution in [2.75, 3.05) is 0 Å². The number of ketones is 1. The van der Waals surface area contributed by atoms with Crippen LogP contribution in [0, 0.1) is 0 Å². The first-order valence-corrected chi connectivity index (χ1v) is 4.70.